The van der Waals surface area contributed by atoms with Crippen LogP contribution in [0.25, 0.3) is 0 Å². The van der Waals surface area contributed by atoms with Gasteiger partial charge in [0.2, 0.25) is 0 Å². The van der Waals surface area contributed by atoms with Crippen LogP contribution in [0.1, 0.15) is 10.4 Å². The number of nitrogens with one attached hydrogen (secondary N) is 1. The Balaban J connectivity index is 3.24. The number of rotatable bonds is 3. The van der Waals surface area contributed by atoms with E-state index in [1.807, 2.05) is 27.3 Å². The zero-order valence-electron chi connectivity index (χ0n) is 7.27. The van der Waals surface area contributed by atoms with Crippen LogP contribution in [0.3, 0.4) is 0 Å². The Morgan fingerprint density at radius 3 is 2.53 bits per heavy atom. The Morgan fingerprint density at radius 2 is 2.07 bits per heavy atom. The van der Waals surface area contributed by atoms with Crippen molar-refractivity contribution in [3.8, 4) is 0 Å². The molecule has 6 nitrogen and oxygen atoms in total. The lowest BCUT2D eigenvalue weighted by atomic mass is 10.2. The van der Waals surface area contributed by atoms with Gasteiger partial charge in [-0.3, -0.25) is 4.72 Å². The van der Waals surface area contributed by atoms with Crippen LogP contribution in [-0.4, -0.2) is 19.5 Å². The molecule has 1 aromatic carbocycles. The SMILES string of the molecule is NS(=O)(=O)Nc1ccc(I)cc1C(=O)O. The molecular weight excluding hydrogens is 335 g/mol. The molecule has 0 saturated heterocycles. The number of carbonyl (C=O) groups is 1. The Morgan fingerprint density at radius 1 is 1.47 bits per heavy atom. The summed E-state index contributed by atoms with van der Waals surface area (Å²) in [7, 11) is -3.96. The van der Waals surface area contributed by atoms with Gasteiger partial charge < -0.3 is 5.11 Å². The van der Waals surface area contributed by atoms with E-state index in [2.05, 4.69) is 0 Å². The molecule has 0 unspecified atom stereocenters. The summed E-state index contributed by atoms with van der Waals surface area (Å²) >= 11 is 1.92. The quantitative estimate of drug-likeness (QED) is 0.699. The lowest BCUT2D eigenvalue weighted by Gasteiger charge is -2.07. The molecule has 82 valence electrons. The minimum atomic E-state index is -3.96. The number of aromatic carboxylic acids is 1. The van der Waals surface area contributed by atoms with Gasteiger partial charge in [-0.2, -0.15) is 8.42 Å². The highest BCUT2D eigenvalue weighted by molar-refractivity contribution is 14.1. The maximum absolute atomic E-state index is 10.8. The first-order chi connectivity index (χ1) is 6.79. The molecule has 8 heteroatoms. The van der Waals surface area contributed by atoms with E-state index in [4.69, 9.17) is 10.2 Å². The molecule has 0 atom stereocenters. The van der Waals surface area contributed by atoms with Gasteiger partial charge in [0, 0.05) is 3.57 Å². The fourth-order valence-electron chi connectivity index (χ4n) is 0.936. The Bertz CT molecular complexity index is 500. The van der Waals surface area contributed by atoms with Gasteiger partial charge in [-0.1, -0.05) is 0 Å². The highest BCUT2D eigenvalue weighted by Crippen LogP contribution is 2.19. The lowest BCUT2D eigenvalue weighted by molar-refractivity contribution is 0.0698. The van der Waals surface area contributed by atoms with Gasteiger partial charge in [0.25, 0.3) is 10.2 Å². The third-order valence-electron chi connectivity index (χ3n) is 1.46. The standard InChI is InChI=1S/C7H7IN2O4S/c8-4-1-2-6(10-15(9,13)14)5(3-4)7(11)12/h1-3,10H,(H,11,12)(H2,9,13,14). The third kappa shape index (κ3) is 3.64. The zero-order chi connectivity index (χ0) is 11.6. The molecule has 0 heterocycles. The van der Waals surface area contributed by atoms with Gasteiger partial charge in [-0.25, -0.2) is 9.93 Å². The molecule has 0 aliphatic rings. The average Bonchev–Trinajstić information content (AvgIpc) is 2.05. The van der Waals surface area contributed by atoms with Crippen molar-refractivity contribution in [3.63, 3.8) is 0 Å². The smallest absolute Gasteiger partial charge is 0.337 e. The van der Waals surface area contributed by atoms with Gasteiger partial charge in [0.1, 0.15) is 0 Å². The summed E-state index contributed by atoms with van der Waals surface area (Å²) in [6, 6.07) is 4.26. The normalized spacial score (nSPS) is 11.1. The first-order valence-electron chi connectivity index (χ1n) is 3.63. The molecule has 0 saturated carbocycles. The molecule has 0 fully saturated rings. The minimum absolute atomic E-state index is 0.0505. The molecule has 0 spiro atoms. The highest BCUT2D eigenvalue weighted by atomic mass is 127. The van der Waals surface area contributed by atoms with Crippen LogP contribution < -0.4 is 9.86 Å². The second-order valence-electron chi connectivity index (χ2n) is 2.64. The molecule has 1 aromatic rings. The molecule has 0 amide bonds. The number of hydrogen-bond donors (Lipinski definition) is 3. The van der Waals surface area contributed by atoms with E-state index in [1.165, 1.54) is 12.1 Å². The van der Waals surface area contributed by atoms with Crippen molar-refractivity contribution in [3.05, 3.63) is 27.3 Å². The molecule has 0 aliphatic heterocycles. The van der Waals surface area contributed by atoms with Crippen molar-refractivity contribution < 1.29 is 18.3 Å². The number of benzene rings is 1. The minimum Gasteiger partial charge on any atom is -0.478 e. The number of carboxylic acids is 1. The molecule has 4 N–H and O–H groups in total. The first-order valence-corrected chi connectivity index (χ1v) is 6.25. The van der Waals surface area contributed by atoms with Gasteiger partial charge in [0.15, 0.2) is 0 Å². The van der Waals surface area contributed by atoms with Crippen LogP contribution >= 0.6 is 22.6 Å². The summed E-state index contributed by atoms with van der Waals surface area (Å²) < 4.78 is 24.1. The monoisotopic (exact) mass is 342 g/mol. The number of carboxylic acid groups (broad SMARTS) is 1. The highest BCUT2D eigenvalue weighted by Gasteiger charge is 2.13. The molecule has 15 heavy (non-hydrogen) atoms. The molecular formula is C7H7IN2O4S. The van der Waals surface area contributed by atoms with Crippen LogP contribution in [-0.2, 0) is 10.2 Å². The topological polar surface area (TPSA) is 109 Å². The maximum Gasteiger partial charge on any atom is 0.337 e. The summed E-state index contributed by atoms with van der Waals surface area (Å²) in [5.41, 5.74) is -0.193. The maximum atomic E-state index is 10.8. The molecule has 0 aromatic heterocycles. The summed E-state index contributed by atoms with van der Waals surface area (Å²) in [5.74, 6) is -1.22. The summed E-state index contributed by atoms with van der Waals surface area (Å²) in [6.45, 7) is 0. The van der Waals surface area contributed by atoms with Gasteiger partial charge in [-0.05, 0) is 40.8 Å². The summed E-state index contributed by atoms with van der Waals surface area (Å²) in [4.78, 5) is 10.8. The van der Waals surface area contributed by atoms with Gasteiger partial charge >= 0.3 is 5.97 Å². The van der Waals surface area contributed by atoms with E-state index < -0.39 is 16.2 Å². The average molecular weight is 342 g/mol. The number of anilines is 1. The van der Waals surface area contributed by atoms with Crippen molar-refractivity contribution >= 4 is 44.5 Å². The van der Waals surface area contributed by atoms with Crippen LogP contribution in [0.5, 0.6) is 0 Å². The predicted octanol–water partition coefficient (Wildman–Crippen LogP) is 0.605. The summed E-state index contributed by atoms with van der Waals surface area (Å²) in [6.07, 6.45) is 0. The van der Waals surface area contributed by atoms with E-state index >= 15 is 0 Å². The van der Waals surface area contributed by atoms with Crippen molar-refractivity contribution in [1.29, 1.82) is 0 Å². The van der Waals surface area contributed by atoms with Gasteiger partial charge in [-0.15, -0.1) is 0 Å². The predicted molar refractivity (Wildman–Crippen MR) is 62.8 cm³/mol. The fraction of sp³-hybridized carbons (Fsp3) is 0. The first kappa shape index (κ1) is 12.2. The van der Waals surface area contributed by atoms with Crippen LogP contribution in [0.15, 0.2) is 18.2 Å². The Kier molecular flexibility index (Phi) is 3.52. The second kappa shape index (κ2) is 4.33. The number of nitrogens with two attached hydrogens (primary N) is 1. The second-order valence-corrected chi connectivity index (χ2v) is 5.18. The van der Waals surface area contributed by atoms with Gasteiger partial charge in [0.05, 0.1) is 11.3 Å². The molecule has 0 bridgehead atoms. The van der Waals surface area contributed by atoms with E-state index in [0.717, 1.165) is 0 Å². The van der Waals surface area contributed by atoms with Crippen LogP contribution in [0.4, 0.5) is 5.69 Å². The zero-order valence-corrected chi connectivity index (χ0v) is 10.2. The van der Waals surface area contributed by atoms with E-state index in [-0.39, 0.29) is 11.3 Å². The fourth-order valence-corrected chi connectivity index (χ4v) is 1.91. The summed E-state index contributed by atoms with van der Waals surface area (Å²) in [5, 5.41) is 13.5. The molecule has 0 radical (unpaired) electrons. The Labute approximate surface area is 99.8 Å². The van der Waals surface area contributed by atoms with E-state index in [9.17, 15) is 13.2 Å². The third-order valence-corrected chi connectivity index (χ3v) is 2.64. The van der Waals surface area contributed by atoms with Crippen LogP contribution in [0, 0.1) is 3.57 Å². The van der Waals surface area contributed by atoms with Crippen LogP contribution in [0.2, 0.25) is 0 Å². The van der Waals surface area contributed by atoms with E-state index in [1.54, 1.807) is 6.07 Å². The number of hydrogen-bond acceptors (Lipinski definition) is 3. The molecule has 1 rings (SSSR count). The Hall–Kier alpha value is -0.870. The van der Waals surface area contributed by atoms with Crippen molar-refractivity contribution in [2.45, 2.75) is 0 Å². The number of halogens is 1. The van der Waals surface area contributed by atoms with Crippen molar-refractivity contribution in [1.82, 2.24) is 0 Å². The van der Waals surface area contributed by atoms with E-state index in [0.29, 0.717) is 3.57 Å². The lowest BCUT2D eigenvalue weighted by Crippen LogP contribution is -2.23. The van der Waals surface area contributed by atoms with Crippen molar-refractivity contribution in [2.75, 3.05) is 4.72 Å². The molecule has 0 aliphatic carbocycles. The van der Waals surface area contributed by atoms with Crippen molar-refractivity contribution in [2.24, 2.45) is 5.14 Å². The largest absolute Gasteiger partial charge is 0.478 e.